The summed E-state index contributed by atoms with van der Waals surface area (Å²) in [6, 6.07) is 15.9. The van der Waals surface area contributed by atoms with Crippen molar-refractivity contribution in [2.75, 3.05) is 0 Å². The molecule has 3 heteroatoms. The Bertz CT molecular complexity index is 559. The summed E-state index contributed by atoms with van der Waals surface area (Å²) in [4.78, 5) is 0. The first-order chi connectivity index (χ1) is 9.22. The van der Waals surface area contributed by atoms with Crippen LogP contribution in [0.4, 0.5) is 0 Å². The van der Waals surface area contributed by atoms with Crippen LogP contribution < -0.4 is 10.5 Å². The third-order valence-electron chi connectivity index (χ3n) is 3.51. The predicted octanol–water partition coefficient (Wildman–Crippen LogP) is 3.21. The van der Waals surface area contributed by atoms with Crippen LogP contribution in [-0.2, 0) is 12.8 Å². The Hall–Kier alpha value is -1.51. The molecule has 0 amide bonds. The molecule has 2 aromatic carbocycles. The van der Waals surface area contributed by atoms with Gasteiger partial charge in [0.05, 0.1) is 0 Å². The molecule has 19 heavy (non-hydrogen) atoms. The molecule has 1 aliphatic rings. The van der Waals surface area contributed by atoms with Crippen LogP contribution in [0.2, 0.25) is 5.02 Å². The fourth-order valence-corrected chi connectivity index (χ4v) is 2.73. The van der Waals surface area contributed by atoms with Gasteiger partial charge in [-0.3, -0.25) is 0 Å². The number of hydrogen-bond acceptors (Lipinski definition) is 2. The molecule has 98 valence electrons. The Morgan fingerprint density at radius 2 is 2.05 bits per heavy atom. The molecule has 2 aromatic rings. The highest BCUT2D eigenvalue weighted by atomic mass is 35.5. The zero-order valence-electron chi connectivity index (χ0n) is 10.6. The van der Waals surface area contributed by atoms with Gasteiger partial charge in [0, 0.05) is 17.5 Å². The molecule has 0 saturated carbocycles. The van der Waals surface area contributed by atoms with Crippen LogP contribution in [0.5, 0.6) is 5.75 Å². The summed E-state index contributed by atoms with van der Waals surface area (Å²) in [5.41, 5.74) is 8.67. The molecule has 2 nitrogen and oxygen atoms in total. The number of fused-ring (bicyclic) bond motifs is 1. The molecule has 0 bridgehead atoms. The fourth-order valence-electron chi connectivity index (χ4n) is 2.52. The van der Waals surface area contributed by atoms with Crippen molar-refractivity contribution in [3.63, 3.8) is 0 Å². The maximum Gasteiger partial charge on any atom is 0.123 e. The molecular formula is C16H16ClNO. The van der Waals surface area contributed by atoms with Crippen LogP contribution in [-0.4, -0.2) is 12.1 Å². The van der Waals surface area contributed by atoms with Gasteiger partial charge in [-0.25, -0.2) is 0 Å². The largest absolute Gasteiger partial charge is 0.488 e. The lowest BCUT2D eigenvalue weighted by Crippen LogP contribution is -2.39. The molecule has 2 N–H and O–H groups in total. The first-order valence-electron chi connectivity index (χ1n) is 6.47. The van der Waals surface area contributed by atoms with E-state index < -0.39 is 0 Å². The number of para-hydroxylation sites is 1. The van der Waals surface area contributed by atoms with Crippen LogP contribution in [0.25, 0.3) is 0 Å². The number of halogens is 1. The highest BCUT2D eigenvalue weighted by Crippen LogP contribution is 2.29. The number of ether oxygens (including phenoxy) is 1. The molecular weight excluding hydrogens is 258 g/mol. The summed E-state index contributed by atoms with van der Waals surface area (Å²) in [5, 5.41) is 0.750. The Kier molecular flexibility index (Phi) is 3.45. The predicted molar refractivity (Wildman–Crippen MR) is 77.7 cm³/mol. The number of hydrogen-bond donors (Lipinski definition) is 1. The Labute approximate surface area is 118 Å². The third-order valence-corrected chi connectivity index (χ3v) is 3.75. The lowest BCUT2D eigenvalue weighted by Gasteiger charge is -2.19. The van der Waals surface area contributed by atoms with Gasteiger partial charge < -0.3 is 10.5 Å². The van der Waals surface area contributed by atoms with Gasteiger partial charge in [0.25, 0.3) is 0 Å². The highest BCUT2D eigenvalue weighted by Gasteiger charge is 2.27. The zero-order valence-corrected chi connectivity index (χ0v) is 11.3. The summed E-state index contributed by atoms with van der Waals surface area (Å²) in [6.07, 6.45) is 1.72. The standard InChI is InChI=1S/C16H16ClNO/c17-13-6-3-4-11(8-13)9-14(18)16-10-12-5-1-2-7-15(12)19-16/h1-8,14,16H,9-10,18H2. The molecule has 0 saturated heterocycles. The molecule has 0 fully saturated rings. The zero-order chi connectivity index (χ0) is 13.2. The Morgan fingerprint density at radius 3 is 2.84 bits per heavy atom. The summed E-state index contributed by atoms with van der Waals surface area (Å²) in [5.74, 6) is 0.967. The average Bonchev–Trinajstić information content (AvgIpc) is 2.82. The van der Waals surface area contributed by atoms with E-state index in [-0.39, 0.29) is 12.1 Å². The molecule has 3 rings (SSSR count). The van der Waals surface area contributed by atoms with Gasteiger partial charge in [-0.05, 0) is 35.7 Å². The Morgan fingerprint density at radius 1 is 1.21 bits per heavy atom. The maximum absolute atomic E-state index is 6.27. The highest BCUT2D eigenvalue weighted by molar-refractivity contribution is 6.30. The van der Waals surface area contributed by atoms with Gasteiger partial charge in [-0.1, -0.05) is 41.9 Å². The van der Waals surface area contributed by atoms with Crippen molar-refractivity contribution >= 4 is 11.6 Å². The minimum atomic E-state index is -0.0223. The van der Waals surface area contributed by atoms with E-state index in [0.29, 0.717) is 0 Å². The first kappa shape index (κ1) is 12.5. The van der Waals surface area contributed by atoms with Crippen molar-refractivity contribution in [2.45, 2.75) is 25.0 Å². The molecule has 0 aromatic heterocycles. The SMILES string of the molecule is NC(Cc1cccc(Cl)c1)C1Cc2ccccc2O1. The molecule has 2 atom stereocenters. The van der Waals surface area contributed by atoms with Crippen molar-refractivity contribution < 1.29 is 4.74 Å². The van der Waals surface area contributed by atoms with Crippen molar-refractivity contribution in [3.8, 4) is 5.75 Å². The van der Waals surface area contributed by atoms with Crippen LogP contribution in [0.3, 0.4) is 0 Å². The molecule has 0 aliphatic carbocycles. The van der Waals surface area contributed by atoms with E-state index in [4.69, 9.17) is 22.1 Å². The van der Waals surface area contributed by atoms with Gasteiger partial charge in [0.2, 0.25) is 0 Å². The topological polar surface area (TPSA) is 35.2 Å². The summed E-state index contributed by atoms with van der Waals surface area (Å²) >= 11 is 5.99. The van der Waals surface area contributed by atoms with E-state index in [1.54, 1.807) is 0 Å². The van der Waals surface area contributed by atoms with Crippen molar-refractivity contribution in [1.29, 1.82) is 0 Å². The van der Waals surface area contributed by atoms with E-state index in [0.717, 1.165) is 29.2 Å². The van der Waals surface area contributed by atoms with Crippen molar-refractivity contribution in [1.82, 2.24) is 0 Å². The van der Waals surface area contributed by atoms with Gasteiger partial charge in [0.1, 0.15) is 11.9 Å². The molecule has 0 spiro atoms. The van der Waals surface area contributed by atoms with E-state index in [1.165, 1.54) is 5.56 Å². The normalized spacial score (nSPS) is 18.7. The van der Waals surface area contributed by atoms with E-state index in [1.807, 2.05) is 42.5 Å². The van der Waals surface area contributed by atoms with E-state index >= 15 is 0 Å². The van der Waals surface area contributed by atoms with Crippen LogP contribution in [0.15, 0.2) is 48.5 Å². The van der Waals surface area contributed by atoms with Gasteiger partial charge in [-0.15, -0.1) is 0 Å². The minimum Gasteiger partial charge on any atom is -0.488 e. The third kappa shape index (κ3) is 2.75. The summed E-state index contributed by atoms with van der Waals surface area (Å²) < 4.78 is 5.91. The van der Waals surface area contributed by atoms with Gasteiger partial charge >= 0.3 is 0 Å². The van der Waals surface area contributed by atoms with Crippen LogP contribution in [0, 0.1) is 0 Å². The molecule has 1 heterocycles. The van der Waals surface area contributed by atoms with Crippen LogP contribution in [0.1, 0.15) is 11.1 Å². The molecule has 1 aliphatic heterocycles. The van der Waals surface area contributed by atoms with Crippen LogP contribution >= 0.6 is 11.6 Å². The van der Waals surface area contributed by atoms with Gasteiger partial charge in [0.15, 0.2) is 0 Å². The second-order valence-electron chi connectivity index (χ2n) is 4.97. The average molecular weight is 274 g/mol. The summed E-state index contributed by atoms with van der Waals surface area (Å²) in [7, 11) is 0. The Balaban J connectivity index is 1.68. The molecule has 2 unspecified atom stereocenters. The monoisotopic (exact) mass is 273 g/mol. The quantitative estimate of drug-likeness (QED) is 0.932. The lowest BCUT2D eigenvalue weighted by molar-refractivity contribution is 0.198. The number of rotatable bonds is 3. The van der Waals surface area contributed by atoms with E-state index in [9.17, 15) is 0 Å². The maximum atomic E-state index is 6.27. The minimum absolute atomic E-state index is 0.0223. The first-order valence-corrected chi connectivity index (χ1v) is 6.85. The van der Waals surface area contributed by atoms with Crippen molar-refractivity contribution in [2.24, 2.45) is 5.73 Å². The number of benzene rings is 2. The van der Waals surface area contributed by atoms with E-state index in [2.05, 4.69) is 6.07 Å². The summed E-state index contributed by atoms with van der Waals surface area (Å²) in [6.45, 7) is 0. The molecule has 0 radical (unpaired) electrons. The second kappa shape index (κ2) is 5.24. The fraction of sp³-hybridized carbons (Fsp3) is 0.250. The number of nitrogens with two attached hydrogens (primary N) is 1. The smallest absolute Gasteiger partial charge is 0.123 e. The van der Waals surface area contributed by atoms with Gasteiger partial charge in [-0.2, -0.15) is 0 Å². The second-order valence-corrected chi connectivity index (χ2v) is 5.40. The van der Waals surface area contributed by atoms with Crippen molar-refractivity contribution in [3.05, 3.63) is 64.7 Å². The lowest BCUT2D eigenvalue weighted by atomic mass is 9.99.